The van der Waals surface area contributed by atoms with E-state index in [1.807, 2.05) is 18.2 Å². The van der Waals surface area contributed by atoms with E-state index in [9.17, 15) is 28.7 Å². The summed E-state index contributed by atoms with van der Waals surface area (Å²) in [5, 5.41) is 10.2. The van der Waals surface area contributed by atoms with Crippen molar-refractivity contribution in [2.75, 3.05) is 48.1 Å². The predicted molar refractivity (Wildman–Crippen MR) is 193 cm³/mol. The normalized spacial score (nSPS) is 30.1. The average molecular weight is 747 g/mol. The Morgan fingerprint density at radius 3 is 2.21 bits per heavy atom. The lowest BCUT2D eigenvalue weighted by molar-refractivity contribution is -0.125. The number of rotatable bonds is 6. The number of hydrogen-bond acceptors (Lipinski definition) is 8. The maximum Gasteiger partial charge on any atom is 0.258 e. The van der Waals surface area contributed by atoms with Gasteiger partial charge in [-0.2, -0.15) is 0 Å². The number of phenolic OH excluding ortho intramolecular Hbond substituents is 1. The highest BCUT2D eigenvalue weighted by Gasteiger charge is 2.76. The van der Waals surface area contributed by atoms with E-state index in [0.29, 0.717) is 30.0 Å². The van der Waals surface area contributed by atoms with Crippen LogP contribution in [0.1, 0.15) is 18.4 Å². The van der Waals surface area contributed by atoms with Gasteiger partial charge in [0, 0.05) is 24.7 Å². The third-order valence-corrected chi connectivity index (χ3v) is 12.6. The fraction of sp³-hybridized carbons (Fsp3) is 0.333. The molecule has 0 bridgehead atoms. The van der Waals surface area contributed by atoms with Crippen molar-refractivity contribution in [2.45, 2.75) is 22.6 Å². The summed E-state index contributed by atoms with van der Waals surface area (Å²) in [6.07, 6.45) is 5.25. The van der Waals surface area contributed by atoms with E-state index in [1.54, 1.807) is 36.4 Å². The number of carbonyl (C=O) groups is 4. The number of benzene rings is 3. The first-order chi connectivity index (χ1) is 25.0. The van der Waals surface area contributed by atoms with Crippen molar-refractivity contribution in [3.63, 3.8) is 0 Å². The van der Waals surface area contributed by atoms with Crippen LogP contribution in [0.5, 0.6) is 11.5 Å². The van der Waals surface area contributed by atoms with Crippen LogP contribution < -0.4 is 19.4 Å². The number of nitrogens with zero attached hydrogens (tertiary/aromatic N) is 3. The molecule has 0 aromatic heterocycles. The third-order valence-electron chi connectivity index (χ3n) is 11.1. The Bertz CT molecular complexity index is 2050. The molecule has 268 valence electrons. The average Bonchev–Trinajstić information content (AvgIpc) is 3.50. The quantitative estimate of drug-likeness (QED) is 0.195. The van der Waals surface area contributed by atoms with Crippen LogP contribution in [0.15, 0.2) is 84.5 Å². The molecule has 10 nitrogen and oxygen atoms in total. The second-order valence-electron chi connectivity index (χ2n) is 13.7. The van der Waals surface area contributed by atoms with E-state index < -0.39 is 57.0 Å². The van der Waals surface area contributed by atoms with Crippen molar-refractivity contribution < 1.29 is 38.1 Å². The van der Waals surface area contributed by atoms with Gasteiger partial charge in [-0.1, -0.05) is 29.9 Å². The number of aromatic hydroxyl groups is 1. The fourth-order valence-electron chi connectivity index (χ4n) is 8.54. The summed E-state index contributed by atoms with van der Waals surface area (Å²) >= 11 is 14.8. The zero-order valence-corrected chi connectivity index (χ0v) is 29.5. The standard InChI is InChI=1S/C39H34Cl2FN3O7/c1-51-32-20-22(3-15-31(32)46)2-14-30-27-12-13-28-33(35(48)44(34(28)47)25-10-8-24(9-11-25)43-16-18-52-19-17-43)29(27)21-38(40)36(49)45(37(50)39(30,38)41)26-6-4-23(42)5-7-26/h2-12,14-15,20,28-30,33,46H,13,16-19,21H2,1H3/t28-,29+,30-,33-,38+,39-/m0/s1. The summed E-state index contributed by atoms with van der Waals surface area (Å²) in [5.41, 5.74) is 2.72. The summed E-state index contributed by atoms with van der Waals surface area (Å²) in [6, 6.07) is 16.9. The van der Waals surface area contributed by atoms with Crippen LogP contribution in [-0.2, 0) is 23.9 Å². The minimum atomic E-state index is -2.05. The number of halogens is 3. The third kappa shape index (κ3) is 5.08. The van der Waals surface area contributed by atoms with Gasteiger partial charge < -0.3 is 19.5 Å². The van der Waals surface area contributed by atoms with Gasteiger partial charge in [-0.05, 0) is 85.0 Å². The first-order valence-corrected chi connectivity index (χ1v) is 17.8. The Hall–Kier alpha value is -4.71. The molecule has 0 spiro atoms. The molecule has 0 radical (unpaired) electrons. The molecule has 0 unspecified atom stereocenters. The molecule has 52 heavy (non-hydrogen) atoms. The van der Waals surface area contributed by atoms with Gasteiger partial charge in [0.1, 0.15) is 5.82 Å². The smallest absolute Gasteiger partial charge is 0.258 e. The second-order valence-corrected chi connectivity index (χ2v) is 15.0. The molecule has 5 aliphatic rings. The van der Waals surface area contributed by atoms with Crippen molar-refractivity contribution >= 4 is 70.0 Å². The Kier molecular flexibility index (Phi) is 8.43. The van der Waals surface area contributed by atoms with Crippen LogP contribution in [0.25, 0.3) is 6.08 Å². The van der Waals surface area contributed by atoms with Crippen LogP contribution >= 0.6 is 23.2 Å². The Labute approximate surface area is 309 Å². The molecular formula is C39H34Cl2FN3O7. The predicted octanol–water partition coefficient (Wildman–Crippen LogP) is 5.69. The molecular weight excluding hydrogens is 712 g/mol. The molecule has 1 N–H and O–H groups in total. The lowest BCUT2D eigenvalue weighted by Crippen LogP contribution is -2.60. The SMILES string of the molecule is COc1cc(C=C[C@H]2C3=CC[C@@H]4C(=O)N(c5ccc(N6CCOCC6)cc5)C(=O)[C@@H]4[C@@H]3C[C@@]3(Cl)C(=O)N(c4ccc(F)cc4)C(=O)[C@@]23Cl)ccc1O. The molecule has 3 aromatic carbocycles. The summed E-state index contributed by atoms with van der Waals surface area (Å²) < 4.78 is 24.6. The zero-order chi connectivity index (χ0) is 36.5. The van der Waals surface area contributed by atoms with Crippen LogP contribution in [-0.4, -0.2) is 71.9 Å². The first kappa shape index (κ1) is 34.4. The molecule has 1 saturated carbocycles. The largest absolute Gasteiger partial charge is 0.504 e. The van der Waals surface area contributed by atoms with E-state index >= 15 is 0 Å². The topological polar surface area (TPSA) is 117 Å². The molecule has 6 atom stereocenters. The Morgan fingerprint density at radius 1 is 0.865 bits per heavy atom. The number of ether oxygens (including phenoxy) is 2. The van der Waals surface area contributed by atoms with Gasteiger partial charge in [0.2, 0.25) is 11.8 Å². The van der Waals surface area contributed by atoms with Crippen LogP contribution in [0.4, 0.5) is 21.5 Å². The highest BCUT2D eigenvalue weighted by molar-refractivity contribution is 6.58. The van der Waals surface area contributed by atoms with E-state index in [1.165, 1.54) is 30.2 Å². The zero-order valence-electron chi connectivity index (χ0n) is 28.0. The molecule has 3 saturated heterocycles. The Morgan fingerprint density at radius 2 is 1.52 bits per heavy atom. The van der Waals surface area contributed by atoms with Gasteiger partial charge in [-0.25, -0.2) is 9.29 Å². The molecule has 4 fully saturated rings. The van der Waals surface area contributed by atoms with Gasteiger partial charge in [0.25, 0.3) is 11.8 Å². The number of amides is 4. The Balaban J connectivity index is 1.19. The van der Waals surface area contributed by atoms with Crippen molar-refractivity contribution in [1.82, 2.24) is 0 Å². The molecule has 13 heteroatoms. The van der Waals surface area contributed by atoms with E-state index in [4.69, 9.17) is 32.7 Å². The monoisotopic (exact) mass is 745 g/mol. The lowest BCUT2D eigenvalue weighted by atomic mass is 9.57. The summed E-state index contributed by atoms with van der Waals surface area (Å²) in [7, 11) is 1.42. The van der Waals surface area contributed by atoms with Gasteiger partial charge in [0.15, 0.2) is 21.2 Å². The van der Waals surface area contributed by atoms with Crippen LogP contribution in [0, 0.1) is 29.5 Å². The van der Waals surface area contributed by atoms with Crippen LogP contribution in [0.3, 0.4) is 0 Å². The number of imide groups is 2. The van der Waals surface area contributed by atoms with Crippen molar-refractivity contribution in [3.8, 4) is 11.5 Å². The second kappa shape index (κ2) is 12.8. The first-order valence-electron chi connectivity index (χ1n) is 17.1. The molecule has 4 amide bonds. The highest BCUT2D eigenvalue weighted by Crippen LogP contribution is 2.63. The maximum atomic E-state index is 14.5. The number of fused-ring (bicyclic) bond motifs is 4. The minimum Gasteiger partial charge on any atom is -0.504 e. The van der Waals surface area contributed by atoms with Crippen molar-refractivity contribution in [1.29, 1.82) is 0 Å². The molecule has 3 heterocycles. The number of allylic oxidation sites excluding steroid dienone is 3. The minimum absolute atomic E-state index is 0.0665. The van der Waals surface area contributed by atoms with Gasteiger partial charge >= 0.3 is 0 Å². The van der Waals surface area contributed by atoms with Gasteiger partial charge in [-0.15, -0.1) is 23.2 Å². The highest BCUT2D eigenvalue weighted by atomic mass is 35.5. The summed E-state index contributed by atoms with van der Waals surface area (Å²) in [5.74, 6) is -6.03. The number of methoxy groups -OCH3 is 1. The van der Waals surface area contributed by atoms with Crippen molar-refractivity contribution in [3.05, 3.63) is 95.8 Å². The molecule has 3 aromatic rings. The maximum absolute atomic E-state index is 14.5. The number of morpholine rings is 1. The van der Waals surface area contributed by atoms with Crippen LogP contribution in [0.2, 0.25) is 0 Å². The molecule has 8 rings (SSSR count). The number of anilines is 3. The number of hydrogen-bond donors (Lipinski definition) is 1. The number of alkyl halides is 2. The fourth-order valence-corrected chi connectivity index (χ4v) is 9.43. The molecule has 3 aliphatic heterocycles. The number of phenols is 1. The van der Waals surface area contributed by atoms with E-state index in [2.05, 4.69) is 4.90 Å². The van der Waals surface area contributed by atoms with Gasteiger partial charge in [-0.3, -0.25) is 24.1 Å². The summed E-state index contributed by atoms with van der Waals surface area (Å²) in [6.45, 7) is 2.70. The van der Waals surface area contributed by atoms with E-state index in [-0.39, 0.29) is 35.9 Å². The van der Waals surface area contributed by atoms with Gasteiger partial charge in [0.05, 0.1) is 43.5 Å². The molecule has 2 aliphatic carbocycles. The van der Waals surface area contributed by atoms with E-state index in [0.717, 1.165) is 35.8 Å². The lowest BCUT2D eigenvalue weighted by Gasteiger charge is -2.49. The van der Waals surface area contributed by atoms with Crippen molar-refractivity contribution in [2.24, 2.45) is 23.7 Å². The summed E-state index contributed by atoms with van der Waals surface area (Å²) in [4.78, 5) is 57.5. The number of carbonyl (C=O) groups excluding carboxylic acids is 4.